The van der Waals surface area contributed by atoms with Gasteiger partial charge in [0, 0.05) is 75.8 Å². The van der Waals surface area contributed by atoms with Gasteiger partial charge in [-0.05, 0) is 35.4 Å². The first-order valence-corrected chi connectivity index (χ1v) is 16.7. The van der Waals surface area contributed by atoms with Crippen molar-refractivity contribution in [3.05, 3.63) is 139 Å². The number of benzene rings is 4. The van der Waals surface area contributed by atoms with Crippen molar-refractivity contribution in [2.45, 2.75) is 6.42 Å². The lowest BCUT2D eigenvalue weighted by Gasteiger charge is -2.34. The number of guanidine groups is 2. The molecule has 6 rings (SSSR count). The van der Waals surface area contributed by atoms with Crippen LogP contribution in [-0.2, 0) is 6.42 Å². The van der Waals surface area contributed by atoms with E-state index in [1.165, 1.54) is 0 Å². The lowest BCUT2D eigenvalue weighted by atomic mass is 10.0. The van der Waals surface area contributed by atoms with Gasteiger partial charge < -0.3 is 26.4 Å². The summed E-state index contributed by atoms with van der Waals surface area (Å²) in [6.07, 6.45) is 2.64. The van der Waals surface area contributed by atoms with E-state index in [9.17, 15) is 0 Å². The van der Waals surface area contributed by atoms with Crippen molar-refractivity contribution in [1.29, 1.82) is 0 Å². The van der Waals surface area contributed by atoms with Crippen LogP contribution in [0.15, 0.2) is 144 Å². The highest BCUT2D eigenvalue weighted by Gasteiger charge is 2.18. The normalized spacial score (nSPS) is 13.8. The van der Waals surface area contributed by atoms with Crippen LogP contribution >= 0.6 is 0 Å². The van der Waals surface area contributed by atoms with Crippen LogP contribution in [0.5, 0.6) is 0 Å². The number of likely N-dealkylation sites (N-methyl/N-ethyl adjacent to an activating group) is 1. The largest absolute Gasteiger partial charge is 0.395 e. The lowest BCUT2D eigenvalue weighted by Crippen LogP contribution is -2.51. The van der Waals surface area contributed by atoms with Gasteiger partial charge in [0.05, 0.1) is 18.0 Å². The van der Waals surface area contributed by atoms with Gasteiger partial charge >= 0.3 is 0 Å². The van der Waals surface area contributed by atoms with Gasteiger partial charge in [-0.2, -0.15) is 0 Å². The first-order valence-electron chi connectivity index (χ1n) is 16.7. The van der Waals surface area contributed by atoms with E-state index in [2.05, 4.69) is 61.2 Å². The molecule has 1 saturated heterocycles. The first kappa shape index (κ1) is 34.8. The van der Waals surface area contributed by atoms with Crippen LogP contribution in [0.1, 0.15) is 5.69 Å². The average Bonchev–Trinajstić information content (AvgIpc) is 3.16. The molecule has 252 valence electrons. The van der Waals surface area contributed by atoms with Gasteiger partial charge in [0.2, 0.25) is 0 Å². The van der Waals surface area contributed by atoms with Crippen LogP contribution < -0.4 is 11.5 Å². The molecule has 1 aliphatic heterocycles. The number of hydrogen-bond acceptors (Lipinski definition) is 5. The number of para-hydroxylation sites is 2. The number of piperazine rings is 1. The molecule has 0 unspecified atom stereocenters. The summed E-state index contributed by atoms with van der Waals surface area (Å²) in [5, 5.41) is 9.02. The number of aliphatic hydroxyl groups excluding tert-OH is 1. The van der Waals surface area contributed by atoms with E-state index in [0.29, 0.717) is 11.9 Å². The summed E-state index contributed by atoms with van der Waals surface area (Å²) in [5.74, 6) is 1.06. The van der Waals surface area contributed by atoms with Gasteiger partial charge in [0.15, 0.2) is 11.9 Å². The summed E-state index contributed by atoms with van der Waals surface area (Å²) < 4.78 is 0. The summed E-state index contributed by atoms with van der Waals surface area (Å²) in [7, 11) is 1.95. The Hall–Kier alpha value is -5.51. The predicted octanol–water partition coefficient (Wildman–Crippen LogP) is 5.78. The van der Waals surface area contributed by atoms with Crippen molar-refractivity contribution in [3.63, 3.8) is 0 Å². The molecule has 9 nitrogen and oxygen atoms in total. The van der Waals surface area contributed by atoms with Crippen molar-refractivity contribution in [2.24, 2.45) is 21.5 Å². The Morgan fingerprint density at radius 3 is 1.78 bits per heavy atom. The molecule has 9 heteroatoms. The first-order chi connectivity index (χ1) is 24.0. The maximum atomic E-state index is 9.02. The minimum atomic E-state index is 0.202. The molecule has 49 heavy (non-hydrogen) atoms. The van der Waals surface area contributed by atoms with Crippen molar-refractivity contribution in [1.82, 2.24) is 19.7 Å². The highest BCUT2D eigenvalue weighted by atomic mass is 16.3. The molecule has 2 heterocycles. The van der Waals surface area contributed by atoms with Crippen LogP contribution in [0.4, 0.5) is 11.4 Å². The Balaban J connectivity index is 0.000000191. The number of rotatable bonds is 9. The van der Waals surface area contributed by atoms with Gasteiger partial charge in [0.25, 0.3) is 0 Å². The summed E-state index contributed by atoms with van der Waals surface area (Å²) in [4.78, 5) is 20.0. The highest BCUT2D eigenvalue weighted by molar-refractivity contribution is 5.86. The minimum absolute atomic E-state index is 0.202. The second-order valence-corrected chi connectivity index (χ2v) is 11.8. The molecular formula is C40H46N8O. The van der Waals surface area contributed by atoms with Crippen molar-refractivity contribution in [2.75, 3.05) is 52.9 Å². The minimum Gasteiger partial charge on any atom is -0.395 e. The third-order valence-electron chi connectivity index (χ3n) is 8.38. The van der Waals surface area contributed by atoms with Crippen molar-refractivity contribution in [3.8, 4) is 22.3 Å². The monoisotopic (exact) mass is 654 g/mol. The Morgan fingerprint density at radius 1 is 0.694 bits per heavy atom. The van der Waals surface area contributed by atoms with Crippen LogP contribution in [0.25, 0.3) is 22.3 Å². The second kappa shape index (κ2) is 18.1. The Morgan fingerprint density at radius 2 is 1.22 bits per heavy atom. The van der Waals surface area contributed by atoms with E-state index in [-0.39, 0.29) is 6.61 Å². The SMILES string of the molecule is CN(CCc1ccccn1)C(N)=Nc1ccccc1-c1ccccc1.NC(=Nc1ccccc1-c1ccccc1)N1CCN(CCO)CC1. The molecule has 0 radical (unpaired) electrons. The van der Waals surface area contributed by atoms with Crippen LogP contribution in [0, 0.1) is 0 Å². The number of aliphatic imine (C=N–C) groups is 2. The fourth-order valence-electron chi connectivity index (χ4n) is 5.55. The molecular weight excluding hydrogens is 608 g/mol. The number of nitrogens with zero attached hydrogens (tertiary/aromatic N) is 6. The molecule has 1 fully saturated rings. The molecule has 1 aliphatic rings. The third kappa shape index (κ3) is 10.2. The average molecular weight is 655 g/mol. The number of nitrogens with two attached hydrogens (primary N) is 2. The van der Waals surface area contributed by atoms with Crippen molar-refractivity contribution >= 4 is 23.3 Å². The maximum absolute atomic E-state index is 9.02. The van der Waals surface area contributed by atoms with Crippen LogP contribution in [0.2, 0.25) is 0 Å². The van der Waals surface area contributed by atoms with Gasteiger partial charge in [0.1, 0.15) is 0 Å². The Labute approximate surface area is 289 Å². The van der Waals surface area contributed by atoms with Crippen LogP contribution in [-0.4, -0.2) is 89.6 Å². The third-order valence-corrected chi connectivity index (χ3v) is 8.38. The smallest absolute Gasteiger partial charge is 0.196 e. The molecule has 1 aromatic heterocycles. The topological polar surface area (TPSA) is 120 Å². The Bertz CT molecular complexity index is 1770. The van der Waals surface area contributed by atoms with E-state index in [4.69, 9.17) is 16.6 Å². The van der Waals surface area contributed by atoms with E-state index in [1.807, 2.05) is 109 Å². The number of β-amino-alcohol motifs (C(OH)–C–C–N with tert-alkyl or cyclic N) is 1. The molecule has 0 saturated carbocycles. The molecule has 0 amide bonds. The molecule has 0 bridgehead atoms. The Kier molecular flexibility index (Phi) is 12.9. The fourth-order valence-corrected chi connectivity index (χ4v) is 5.55. The number of aromatic nitrogens is 1. The summed E-state index contributed by atoms with van der Waals surface area (Å²) in [6, 6.07) is 42.5. The molecule has 5 aromatic rings. The van der Waals surface area contributed by atoms with Gasteiger partial charge in [-0.1, -0.05) is 103 Å². The summed E-state index contributed by atoms with van der Waals surface area (Å²) in [6.45, 7) is 5.16. The number of pyridine rings is 1. The fraction of sp³-hybridized carbons (Fsp3) is 0.225. The standard InChI is InChI=1S/C21H22N4.C19H24N4O/c1-25(16-14-18-11-7-8-15-23-18)21(22)24-20-13-6-5-12-19(20)17-9-3-2-4-10-17;20-19(23-12-10-22(11-13-23)14-15-24)21-18-9-5-4-8-17(18)16-6-2-1-3-7-16/h2-13,15H,14,16H2,1H3,(H2,22,24);1-9,24H,10-15H2,(H2,20,21). The quantitative estimate of drug-likeness (QED) is 0.136. The number of hydrogen-bond donors (Lipinski definition) is 3. The zero-order valence-corrected chi connectivity index (χ0v) is 28.1. The predicted molar refractivity (Wildman–Crippen MR) is 202 cm³/mol. The molecule has 0 aliphatic carbocycles. The molecule has 5 N–H and O–H groups in total. The second-order valence-electron chi connectivity index (χ2n) is 11.8. The van der Waals surface area contributed by atoms with Gasteiger partial charge in [-0.25, -0.2) is 9.98 Å². The lowest BCUT2D eigenvalue weighted by molar-refractivity contribution is 0.146. The molecule has 4 aromatic carbocycles. The van der Waals surface area contributed by atoms with E-state index in [0.717, 1.165) is 85.0 Å². The zero-order chi connectivity index (χ0) is 34.3. The van der Waals surface area contributed by atoms with E-state index in [1.54, 1.807) is 0 Å². The highest BCUT2D eigenvalue weighted by Crippen LogP contribution is 2.31. The van der Waals surface area contributed by atoms with E-state index < -0.39 is 0 Å². The van der Waals surface area contributed by atoms with Gasteiger partial charge in [-0.3, -0.25) is 9.88 Å². The number of aliphatic hydroxyl groups is 1. The molecule has 0 spiro atoms. The van der Waals surface area contributed by atoms with Crippen molar-refractivity contribution < 1.29 is 5.11 Å². The maximum Gasteiger partial charge on any atom is 0.196 e. The molecule has 0 atom stereocenters. The summed E-state index contributed by atoms with van der Waals surface area (Å²) >= 11 is 0. The van der Waals surface area contributed by atoms with Crippen LogP contribution in [0.3, 0.4) is 0 Å². The van der Waals surface area contributed by atoms with E-state index >= 15 is 0 Å². The summed E-state index contributed by atoms with van der Waals surface area (Å²) in [5.41, 5.74) is 19.7. The van der Waals surface area contributed by atoms with Gasteiger partial charge in [-0.15, -0.1) is 0 Å². The zero-order valence-electron chi connectivity index (χ0n) is 28.1.